The van der Waals surface area contributed by atoms with Gasteiger partial charge in [0.25, 0.3) is 0 Å². The molecule has 0 radical (unpaired) electrons. The van der Waals surface area contributed by atoms with Crippen LogP contribution in [0.25, 0.3) is 0 Å². The fourth-order valence-corrected chi connectivity index (χ4v) is 1.52. The second-order valence-electron chi connectivity index (χ2n) is 4.28. The molecule has 0 rings (SSSR count). The Labute approximate surface area is 89.6 Å². The minimum Gasteiger partial charge on any atom is -0.328 e. The van der Waals surface area contributed by atoms with E-state index in [1.165, 1.54) is 58.0 Å². The Bertz CT molecular complexity index is 102. The highest BCUT2D eigenvalue weighted by molar-refractivity contribution is 4.54. The van der Waals surface area contributed by atoms with Crippen LogP contribution in [-0.4, -0.2) is 19.1 Å². The molecule has 0 aromatic rings. The van der Waals surface area contributed by atoms with Crippen LogP contribution in [0.3, 0.4) is 0 Å². The van der Waals surface area contributed by atoms with E-state index in [2.05, 4.69) is 19.2 Å². The van der Waals surface area contributed by atoms with Gasteiger partial charge in [0.2, 0.25) is 0 Å². The van der Waals surface area contributed by atoms with Gasteiger partial charge >= 0.3 is 0 Å². The Morgan fingerprint density at radius 2 is 1.64 bits per heavy atom. The van der Waals surface area contributed by atoms with E-state index in [0.717, 1.165) is 0 Å². The van der Waals surface area contributed by atoms with Gasteiger partial charge in [0.05, 0.1) is 0 Å². The van der Waals surface area contributed by atoms with Gasteiger partial charge in [-0.25, -0.2) is 0 Å². The van der Waals surface area contributed by atoms with Crippen LogP contribution in [0.15, 0.2) is 0 Å². The number of rotatable bonds is 10. The van der Waals surface area contributed by atoms with Gasteiger partial charge in [-0.15, -0.1) is 0 Å². The van der Waals surface area contributed by atoms with Crippen molar-refractivity contribution < 1.29 is 0 Å². The molecule has 0 aliphatic carbocycles. The van der Waals surface area contributed by atoms with Crippen LogP contribution < -0.4 is 11.1 Å². The summed E-state index contributed by atoms with van der Waals surface area (Å²) in [5.74, 6) is 0. The van der Waals surface area contributed by atoms with Crippen molar-refractivity contribution in [3.8, 4) is 0 Å². The summed E-state index contributed by atoms with van der Waals surface area (Å²) in [6, 6.07) is 0.382. The maximum absolute atomic E-state index is 5.67. The van der Waals surface area contributed by atoms with Crippen molar-refractivity contribution in [2.75, 3.05) is 13.1 Å². The summed E-state index contributed by atoms with van der Waals surface area (Å²) < 4.78 is 0. The highest BCUT2D eigenvalue weighted by Gasteiger charge is 1.94. The van der Waals surface area contributed by atoms with Crippen LogP contribution in [0.1, 0.15) is 58.8 Å². The number of hydrogen-bond acceptors (Lipinski definition) is 2. The summed E-state index contributed by atoms with van der Waals surface area (Å²) in [7, 11) is 0. The average Bonchev–Trinajstić information content (AvgIpc) is 2.15. The first-order chi connectivity index (χ1) is 6.77. The number of hydrogen-bond donors (Lipinski definition) is 2. The highest BCUT2D eigenvalue weighted by atomic mass is 14.8. The Kier molecular flexibility index (Phi) is 10.9. The lowest BCUT2D eigenvalue weighted by Crippen LogP contribution is -2.17. The lowest BCUT2D eigenvalue weighted by Gasteiger charge is -2.05. The summed E-state index contributed by atoms with van der Waals surface area (Å²) in [5, 5.41) is 3.48. The molecule has 0 saturated carbocycles. The topological polar surface area (TPSA) is 38.0 Å². The van der Waals surface area contributed by atoms with Crippen molar-refractivity contribution in [3.63, 3.8) is 0 Å². The molecule has 2 heteroatoms. The third kappa shape index (κ3) is 11.9. The Morgan fingerprint density at radius 3 is 2.21 bits per heavy atom. The van der Waals surface area contributed by atoms with Gasteiger partial charge in [-0.3, -0.25) is 0 Å². The predicted molar refractivity (Wildman–Crippen MR) is 64.5 cm³/mol. The molecule has 0 aliphatic heterocycles. The lowest BCUT2D eigenvalue weighted by molar-refractivity contribution is 0.545. The molecule has 0 spiro atoms. The maximum Gasteiger partial charge on any atom is 0.00104 e. The fraction of sp³-hybridized carbons (Fsp3) is 1.00. The largest absolute Gasteiger partial charge is 0.328 e. The summed E-state index contributed by atoms with van der Waals surface area (Å²) in [6.07, 6.45) is 9.09. The molecule has 1 unspecified atom stereocenters. The molecule has 0 bridgehead atoms. The van der Waals surface area contributed by atoms with Crippen molar-refractivity contribution in [1.82, 2.24) is 5.32 Å². The van der Waals surface area contributed by atoms with Gasteiger partial charge in [0.1, 0.15) is 0 Å². The van der Waals surface area contributed by atoms with Crippen molar-refractivity contribution >= 4 is 0 Å². The summed E-state index contributed by atoms with van der Waals surface area (Å²) in [4.78, 5) is 0. The van der Waals surface area contributed by atoms with E-state index in [0.29, 0.717) is 6.04 Å². The number of nitrogens with two attached hydrogens (primary N) is 1. The third-order valence-corrected chi connectivity index (χ3v) is 2.47. The van der Waals surface area contributed by atoms with Gasteiger partial charge < -0.3 is 11.1 Å². The monoisotopic (exact) mass is 200 g/mol. The summed E-state index contributed by atoms with van der Waals surface area (Å²) in [5.41, 5.74) is 5.67. The fourth-order valence-electron chi connectivity index (χ4n) is 1.52. The molecule has 2 nitrogen and oxygen atoms in total. The molecule has 0 aromatic carbocycles. The molecule has 1 atom stereocenters. The normalized spacial score (nSPS) is 13.1. The van der Waals surface area contributed by atoms with Crippen molar-refractivity contribution in [2.24, 2.45) is 5.73 Å². The summed E-state index contributed by atoms with van der Waals surface area (Å²) in [6.45, 7) is 6.71. The van der Waals surface area contributed by atoms with Crippen molar-refractivity contribution in [3.05, 3.63) is 0 Å². The maximum atomic E-state index is 5.67. The van der Waals surface area contributed by atoms with Crippen molar-refractivity contribution in [2.45, 2.75) is 64.8 Å². The van der Waals surface area contributed by atoms with Crippen LogP contribution >= 0.6 is 0 Å². The first-order valence-corrected chi connectivity index (χ1v) is 6.23. The zero-order valence-corrected chi connectivity index (χ0v) is 10.0. The molecule has 0 amide bonds. The number of nitrogens with one attached hydrogen (secondary N) is 1. The molecule has 0 heterocycles. The Hall–Kier alpha value is -0.0800. The van der Waals surface area contributed by atoms with Gasteiger partial charge in [-0.05, 0) is 39.3 Å². The van der Waals surface area contributed by atoms with Crippen LogP contribution in [0.4, 0.5) is 0 Å². The molecule has 14 heavy (non-hydrogen) atoms. The van der Waals surface area contributed by atoms with Crippen LogP contribution in [0.5, 0.6) is 0 Å². The van der Waals surface area contributed by atoms with E-state index in [9.17, 15) is 0 Å². The molecule has 3 N–H and O–H groups in total. The van der Waals surface area contributed by atoms with Crippen LogP contribution in [0.2, 0.25) is 0 Å². The summed E-state index contributed by atoms with van der Waals surface area (Å²) >= 11 is 0. The van der Waals surface area contributed by atoms with E-state index < -0.39 is 0 Å². The SMILES string of the molecule is CCCCCNCCCCCC(C)N. The average molecular weight is 200 g/mol. The molecule has 0 aromatic heterocycles. The van der Waals surface area contributed by atoms with E-state index in [1.54, 1.807) is 0 Å². The first-order valence-electron chi connectivity index (χ1n) is 6.23. The molecule has 0 fully saturated rings. The van der Waals surface area contributed by atoms with Gasteiger partial charge in [0, 0.05) is 6.04 Å². The first kappa shape index (κ1) is 13.9. The molecular weight excluding hydrogens is 172 g/mol. The Morgan fingerprint density at radius 1 is 1.00 bits per heavy atom. The second-order valence-corrected chi connectivity index (χ2v) is 4.28. The van der Waals surface area contributed by atoms with Crippen LogP contribution in [-0.2, 0) is 0 Å². The zero-order valence-electron chi connectivity index (χ0n) is 10.0. The van der Waals surface area contributed by atoms with E-state index in [4.69, 9.17) is 5.73 Å². The van der Waals surface area contributed by atoms with E-state index >= 15 is 0 Å². The minimum atomic E-state index is 0.382. The zero-order chi connectivity index (χ0) is 10.6. The predicted octanol–water partition coefficient (Wildman–Crippen LogP) is 2.67. The second kappa shape index (κ2) is 11.0. The highest BCUT2D eigenvalue weighted by Crippen LogP contribution is 2.01. The van der Waals surface area contributed by atoms with Crippen LogP contribution in [0, 0.1) is 0 Å². The Balaban J connectivity index is 2.85. The lowest BCUT2D eigenvalue weighted by atomic mass is 10.1. The minimum absolute atomic E-state index is 0.382. The van der Waals surface area contributed by atoms with E-state index in [1.807, 2.05) is 0 Å². The number of unbranched alkanes of at least 4 members (excludes halogenated alkanes) is 4. The molecule has 0 saturated heterocycles. The third-order valence-electron chi connectivity index (χ3n) is 2.47. The standard InChI is InChI=1S/C12H28N2/c1-3-4-7-10-14-11-8-5-6-9-12(2)13/h12,14H,3-11,13H2,1-2H3. The molecular formula is C12H28N2. The van der Waals surface area contributed by atoms with Crippen molar-refractivity contribution in [1.29, 1.82) is 0 Å². The quantitative estimate of drug-likeness (QED) is 0.532. The van der Waals surface area contributed by atoms with Gasteiger partial charge in [0.15, 0.2) is 0 Å². The van der Waals surface area contributed by atoms with Gasteiger partial charge in [-0.2, -0.15) is 0 Å². The molecule has 0 aliphatic rings. The molecule has 86 valence electrons. The smallest absolute Gasteiger partial charge is 0.00104 e. The van der Waals surface area contributed by atoms with E-state index in [-0.39, 0.29) is 0 Å². The van der Waals surface area contributed by atoms with Gasteiger partial charge in [-0.1, -0.05) is 32.6 Å².